The molecule has 0 radical (unpaired) electrons. The zero-order chi connectivity index (χ0) is 18.7. The molecule has 4 nitrogen and oxygen atoms in total. The average molecular weight is 349 g/mol. The van der Waals surface area contributed by atoms with Crippen LogP contribution in [-0.4, -0.2) is 29.7 Å². The smallest absolute Gasteiger partial charge is 0.220 e. The largest absolute Gasteiger partial charge is 0.391 e. The molecule has 0 bridgehead atoms. The molecule has 0 aromatic heterocycles. The highest BCUT2D eigenvalue weighted by Crippen LogP contribution is 2.26. The van der Waals surface area contributed by atoms with Crippen LogP contribution in [0.3, 0.4) is 0 Å². The average Bonchev–Trinajstić information content (AvgIpc) is 2.58. The Labute approximate surface area is 153 Å². The van der Waals surface area contributed by atoms with Crippen LogP contribution in [0.15, 0.2) is 30.3 Å². The van der Waals surface area contributed by atoms with E-state index in [0.29, 0.717) is 18.8 Å². The fourth-order valence-corrected chi connectivity index (χ4v) is 3.13. The normalized spacial score (nSPS) is 15.0. The molecule has 4 N–H and O–H groups in total. The molecule has 4 heteroatoms. The highest BCUT2D eigenvalue weighted by atomic mass is 16.3. The van der Waals surface area contributed by atoms with Gasteiger partial charge < -0.3 is 16.2 Å². The van der Waals surface area contributed by atoms with Crippen LogP contribution in [0.4, 0.5) is 0 Å². The summed E-state index contributed by atoms with van der Waals surface area (Å²) in [5.74, 6) is 0.483. The van der Waals surface area contributed by atoms with Crippen LogP contribution < -0.4 is 11.1 Å². The second-order valence-electron chi connectivity index (χ2n) is 7.47. The van der Waals surface area contributed by atoms with Crippen molar-refractivity contribution in [1.29, 1.82) is 0 Å². The Hall–Kier alpha value is -1.39. The van der Waals surface area contributed by atoms with Crippen molar-refractivity contribution in [3.63, 3.8) is 0 Å². The van der Waals surface area contributed by atoms with E-state index >= 15 is 0 Å². The summed E-state index contributed by atoms with van der Waals surface area (Å²) in [6, 6.07) is 9.71. The molecule has 0 fully saturated rings. The van der Waals surface area contributed by atoms with E-state index in [-0.39, 0.29) is 17.9 Å². The monoisotopic (exact) mass is 348 g/mol. The van der Waals surface area contributed by atoms with Crippen LogP contribution in [0, 0.1) is 5.92 Å². The van der Waals surface area contributed by atoms with Gasteiger partial charge in [-0.25, -0.2) is 0 Å². The summed E-state index contributed by atoms with van der Waals surface area (Å²) < 4.78 is 0. The summed E-state index contributed by atoms with van der Waals surface area (Å²) in [4.78, 5) is 12.3. The summed E-state index contributed by atoms with van der Waals surface area (Å²) in [6.45, 7) is 7.08. The molecular weight excluding hydrogens is 312 g/mol. The Morgan fingerprint density at radius 3 is 2.44 bits per heavy atom. The number of nitrogens with two attached hydrogens (primary N) is 1. The molecule has 0 saturated heterocycles. The third-order valence-electron chi connectivity index (χ3n) is 4.57. The first-order valence-corrected chi connectivity index (χ1v) is 9.69. The number of amides is 1. The number of aliphatic hydroxyl groups is 1. The van der Waals surface area contributed by atoms with Gasteiger partial charge in [-0.05, 0) is 36.7 Å². The van der Waals surface area contributed by atoms with Gasteiger partial charge in [0, 0.05) is 19.0 Å². The number of carbonyl (C=O) groups excluding carboxylic acids is 1. The maximum Gasteiger partial charge on any atom is 0.220 e. The molecule has 1 aromatic rings. The maximum absolute atomic E-state index is 12.3. The standard InChI is InChI=1S/C21H36N2O2/c1-4-5-9-12-23-21(25)15-18(17-10-7-6-8-11-17)14-20(24)19(22)13-16(2)3/h6-8,10-11,16,18-20,24H,4-5,9,12-15,22H2,1-3H3,(H,23,25)/t18-,19?,20?/m0/s1. The Morgan fingerprint density at radius 1 is 1.16 bits per heavy atom. The predicted octanol–water partition coefficient (Wildman–Crippen LogP) is 3.59. The number of nitrogens with one attached hydrogen (secondary N) is 1. The molecule has 1 aromatic carbocycles. The number of hydrogen-bond donors (Lipinski definition) is 3. The van der Waals surface area contributed by atoms with Gasteiger partial charge in [-0.3, -0.25) is 4.79 Å². The first-order chi connectivity index (χ1) is 11.9. The van der Waals surface area contributed by atoms with Crippen LogP contribution in [0.2, 0.25) is 0 Å². The topological polar surface area (TPSA) is 75.3 Å². The quantitative estimate of drug-likeness (QED) is 0.505. The molecule has 0 heterocycles. The molecular formula is C21H36N2O2. The minimum absolute atomic E-state index is 0.0133. The van der Waals surface area contributed by atoms with Crippen LogP contribution >= 0.6 is 0 Å². The third kappa shape index (κ3) is 9.03. The van der Waals surface area contributed by atoms with Gasteiger partial charge >= 0.3 is 0 Å². The van der Waals surface area contributed by atoms with Crippen LogP contribution in [0.25, 0.3) is 0 Å². The van der Waals surface area contributed by atoms with Crippen LogP contribution in [-0.2, 0) is 4.79 Å². The summed E-state index contributed by atoms with van der Waals surface area (Å²) in [5.41, 5.74) is 7.22. The molecule has 0 saturated carbocycles. The van der Waals surface area contributed by atoms with Gasteiger partial charge in [0.25, 0.3) is 0 Å². The minimum Gasteiger partial charge on any atom is -0.391 e. The SMILES string of the molecule is CCCCCNC(=O)C[C@H](CC(O)C(N)CC(C)C)c1ccccc1. The Morgan fingerprint density at radius 2 is 1.84 bits per heavy atom. The fourth-order valence-electron chi connectivity index (χ4n) is 3.13. The lowest BCUT2D eigenvalue weighted by Crippen LogP contribution is -2.37. The van der Waals surface area contributed by atoms with Crippen molar-refractivity contribution < 1.29 is 9.90 Å². The molecule has 0 spiro atoms. The molecule has 0 aliphatic heterocycles. The fraction of sp³-hybridized carbons (Fsp3) is 0.667. The third-order valence-corrected chi connectivity index (χ3v) is 4.57. The van der Waals surface area contributed by atoms with E-state index in [1.807, 2.05) is 30.3 Å². The molecule has 0 aliphatic rings. The molecule has 2 unspecified atom stereocenters. The van der Waals surface area contributed by atoms with E-state index < -0.39 is 6.10 Å². The highest BCUT2D eigenvalue weighted by Gasteiger charge is 2.24. The van der Waals surface area contributed by atoms with Crippen molar-refractivity contribution in [3.8, 4) is 0 Å². The lowest BCUT2D eigenvalue weighted by Gasteiger charge is -2.25. The lowest BCUT2D eigenvalue weighted by atomic mass is 9.86. The van der Waals surface area contributed by atoms with Crippen molar-refractivity contribution in [1.82, 2.24) is 5.32 Å². The molecule has 142 valence electrons. The van der Waals surface area contributed by atoms with Crippen molar-refractivity contribution in [2.24, 2.45) is 11.7 Å². The minimum atomic E-state index is -0.597. The number of unbranched alkanes of at least 4 members (excludes halogenated alkanes) is 2. The van der Waals surface area contributed by atoms with E-state index in [4.69, 9.17) is 5.73 Å². The van der Waals surface area contributed by atoms with E-state index in [1.165, 1.54) is 0 Å². The summed E-state index contributed by atoms with van der Waals surface area (Å²) in [6.07, 6.45) is 4.38. The molecule has 25 heavy (non-hydrogen) atoms. The van der Waals surface area contributed by atoms with Gasteiger partial charge in [0.2, 0.25) is 5.91 Å². The van der Waals surface area contributed by atoms with Gasteiger partial charge in [-0.1, -0.05) is 63.9 Å². The molecule has 0 aliphatic carbocycles. The highest BCUT2D eigenvalue weighted by molar-refractivity contribution is 5.76. The molecule has 1 rings (SSSR count). The van der Waals surface area contributed by atoms with Gasteiger partial charge in [-0.15, -0.1) is 0 Å². The lowest BCUT2D eigenvalue weighted by molar-refractivity contribution is -0.121. The Balaban J connectivity index is 2.66. The zero-order valence-electron chi connectivity index (χ0n) is 16.1. The number of benzene rings is 1. The Bertz CT molecular complexity index is 476. The molecule has 1 amide bonds. The maximum atomic E-state index is 12.3. The number of carbonyl (C=O) groups is 1. The van der Waals surface area contributed by atoms with E-state index in [1.54, 1.807) is 0 Å². The van der Waals surface area contributed by atoms with Crippen molar-refractivity contribution in [3.05, 3.63) is 35.9 Å². The predicted molar refractivity (Wildman–Crippen MR) is 104 cm³/mol. The van der Waals surface area contributed by atoms with Crippen LogP contribution in [0.5, 0.6) is 0 Å². The number of hydrogen-bond acceptors (Lipinski definition) is 3. The van der Waals surface area contributed by atoms with E-state index in [9.17, 15) is 9.90 Å². The number of rotatable bonds is 12. The summed E-state index contributed by atoms with van der Waals surface area (Å²) in [7, 11) is 0. The second-order valence-corrected chi connectivity index (χ2v) is 7.47. The van der Waals surface area contributed by atoms with Crippen molar-refractivity contribution in [2.45, 2.75) is 77.4 Å². The van der Waals surface area contributed by atoms with Gasteiger partial charge in [-0.2, -0.15) is 0 Å². The number of aliphatic hydroxyl groups excluding tert-OH is 1. The van der Waals surface area contributed by atoms with E-state index in [2.05, 4.69) is 26.1 Å². The van der Waals surface area contributed by atoms with Gasteiger partial charge in [0.1, 0.15) is 0 Å². The second kappa shape index (κ2) is 12.0. The van der Waals surface area contributed by atoms with Crippen molar-refractivity contribution in [2.75, 3.05) is 6.54 Å². The first kappa shape index (κ1) is 21.7. The Kier molecular flexibility index (Phi) is 10.4. The molecule has 3 atom stereocenters. The summed E-state index contributed by atoms with van der Waals surface area (Å²) in [5, 5.41) is 13.5. The first-order valence-electron chi connectivity index (χ1n) is 9.69. The van der Waals surface area contributed by atoms with Crippen LogP contribution in [0.1, 0.15) is 70.8 Å². The van der Waals surface area contributed by atoms with Gasteiger partial charge in [0.05, 0.1) is 6.10 Å². The van der Waals surface area contributed by atoms with Crippen molar-refractivity contribution >= 4 is 5.91 Å². The van der Waals surface area contributed by atoms with Gasteiger partial charge in [0.15, 0.2) is 0 Å². The summed E-state index contributed by atoms with van der Waals surface area (Å²) >= 11 is 0. The zero-order valence-corrected chi connectivity index (χ0v) is 16.1. The van der Waals surface area contributed by atoms with E-state index in [0.717, 1.165) is 37.8 Å².